The highest BCUT2D eigenvalue weighted by atomic mass is 32.2. The van der Waals surface area contributed by atoms with Gasteiger partial charge in [-0.1, -0.05) is 6.42 Å². The van der Waals surface area contributed by atoms with Crippen molar-refractivity contribution in [2.24, 2.45) is 0 Å². The number of piperidine rings is 1. The van der Waals surface area contributed by atoms with Gasteiger partial charge in [0.05, 0.1) is 22.5 Å². The van der Waals surface area contributed by atoms with E-state index >= 15 is 0 Å². The van der Waals surface area contributed by atoms with Crippen molar-refractivity contribution in [3.05, 3.63) is 24.0 Å². The molecule has 2 aliphatic rings. The largest absolute Gasteiger partial charge is 0.327 e. The molecule has 4 rings (SSSR count). The number of fused-ring (bicyclic) bond motifs is 1. The van der Waals surface area contributed by atoms with Gasteiger partial charge in [0.15, 0.2) is 0 Å². The summed E-state index contributed by atoms with van der Waals surface area (Å²) in [5, 5.41) is 3.37. The lowest BCUT2D eigenvalue weighted by Crippen LogP contribution is -2.43. The molecule has 2 aliphatic heterocycles. The van der Waals surface area contributed by atoms with Gasteiger partial charge < -0.3 is 9.88 Å². The predicted octanol–water partition coefficient (Wildman–Crippen LogP) is 1.64. The maximum Gasteiger partial charge on any atom is 0.243 e. The zero-order valence-corrected chi connectivity index (χ0v) is 16.8. The third-order valence-electron chi connectivity index (χ3n) is 5.64. The van der Waals surface area contributed by atoms with Crippen molar-refractivity contribution in [2.45, 2.75) is 44.2 Å². The second-order valence-corrected chi connectivity index (χ2v) is 9.35. The van der Waals surface area contributed by atoms with Crippen LogP contribution in [0.5, 0.6) is 0 Å². The van der Waals surface area contributed by atoms with Gasteiger partial charge in [-0.3, -0.25) is 4.90 Å². The first-order chi connectivity index (χ1) is 13.1. The number of benzene rings is 1. The molecule has 7 nitrogen and oxygen atoms in total. The molecule has 0 radical (unpaired) electrons. The maximum absolute atomic E-state index is 13.0. The van der Waals surface area contributed by atoms with E-state index in [-0.39, 0.29) is 0 Å². The average molecular weight is 392 g/mol. The first kappa shape index (κ1) is 18.9. The summed E-state index contributed by atoms with van der Waals surface area (Å²) < 4.78 is 29.8. The molecule has 1 aromatic heterocycles. The number of imidazole rings is 1. The number of aryl methyl sites for hydroxylation is 1. The Morgan fingerprint density at radius 1 is 1.07 bits per heavy atom. The minimum Gasteiger partial charge on any atom is -0.327 e. The van der Waals surface area contributed by atoms with Gasteiger partial charge in [0, 0.05) is 45.8 Å². The van der Waals surface area contributed by atoms with Crippen molar-refractivity contribution < 1.29 is 8.42 Å². The van der Waals surface area contributed by atoms with Crippen molar-refractivity contribution in [3.63, 3.8) is 0 Å². The molecule has 148 valence electrons. The minimum atomic E-state index is -3.43. The van der Waals surface area contributed by atoms with Crippen LogP contribution in [0.2, 0.25) is 0 Å². The number of rotatable bonds is 5. The van der Waals surface area contributed by atoms with Gasteiger partial charge in [0.1, 0.15) is 5.82 Å². The fourth-order valence-corrected chi connectivity index (χ4v) is 5.65. The molecule has 0 aliphatic carbocycles. The van der Waals surface area contributed by atoms with E-state index < -0.39 is 10.0 Å². The Morgan fingerprint density at radius 2 is 1.81 bits per heavy atom. The first-order valence-corrected chi connectivity index (χ1v) is 11.5. The van der Waals surface area contributed by atoms with Crippen LogP contribution in [0.15, 0.2) is 23.1 Å². The molecule has 1 aromatic carbocycles. The fraction of sp³-hybridized carbons (Fsp3) is 0.632. The summed E-state index contributed by atoms with van der Waals surface area (Å²) in [6.45, 7) is 9.03. The molecule has 27 heavy (non-hydrogen) atoms. The van der Waals surface area contributed by atoms with Crippen molar-refractivity contribution in [3.8, 4) is 0 Å². The molecule has 2 aromatic rings. The minimum absolute atomic E-state index is 0.367. The predicted molar refractivity (Wildman–Crippen MR) is 106 cm³/mol. The third kappa shape index (κ3) is 3.76. The van der Waals surface area contributed by atoms with Gasteiger partial charge in [-0.15, -0.1) is 0 Å². The molecular formula is C19H29N5O2S. The molecule has 8 heteroatoms. The normalized spacial score (nSPS) is 20.3. The summed E-state index contributed by atoms with van der Waals surface area (Å²) in [5.74, 6) is 1.02. The number of hydrogen-bond donors (Lipinski definition) is 1. The second-order valence-electron chi connectivity index (χ2n) is 7.41. The van der Waals surface area contributed by atoms with Crippen LogP contribution in [0.25, 0.3) is 11.0 Å². The highest BCUT2D eigenvalue weighted by Gasteiger charge is 2.27. The number of nitrogens with one attached hydrogen (secondary N) is 1. The summed E-state index contributed by atoms with van der Waals surface area (Å²) in [6, 6.07) is 5.42. The summed E-state index contributed by atoms with van der Waals surface area (Å²) in [4.78, 5) is 7.58. The van der Waals surface area contributed by atoms with Crippen LogP contribution < -0.4 is 5.32 Å². The summed E-state index contributed by atoms with van der Waals surface area (Å²) >= 11 is 0. The molecule has 3 heterocycles. The molecule has 0 saturated carbocycles. The number of nitrogens with zero attached hydrogens (tertiary/aromatic N) is 4. The number of hydrogen-bond acceptors (Lipinski definition) is 5. The molecule has 0 unspecified atom stereocenters. The summed E-state index contributed by atoms with van der Waals surface area (Å²) in [7, 11) is -3.43. The standard InChI is InChI=1S/C19H29N5O2S/c1-2-24-18-7-6-16(27(25,26)23-10-4-3-5-11-23)14-17(18)21-19(24)15-22-12-8-20-9-13-22/h6-7,14,20H,2-5,8-13,15H2,1H3. The highest BCUT2D eigenvalue weighted by Crippen LogP contribution is 2.25. The number of piperazine rings is 1. The van der Waals surface area contributed by atoms with Gasteiger partial charge in [-0.2, -0.15) is 4.31 Å². The Hall–Kier alpha value is -1.48. The maximum atomic E-state index is 13.0. The van der Waals surface area contributed by atoms with Crippen LogP contribution in [0.1, 0.15) is 32.0 Å². The molecule has 2 saturated heterocycles. The zero-order valence-electron chi connectivity index (χ0n) is 16.0. The van der Waals surface area contributed by atoms with E-state index in [2.05, 4.69) is 21.7 Å². The van der Waals surface area contributed by atoms with Crippen LogP contribution in [-0.4, -0.2) is 66.4 Å². The Labute approximate surface area is 161 Å². The van der Waals surface area contributed by atoms with E-state index in [9.17, 15) is 8.42 Å². The van der Waals surface area contributed by atoms with Gasteiger partial charge >= 0.3 is 0 Å². The molecule has 1 N–H and O–H groups in total. The van der Waals surface area contributed by atoms with E-state index in [0.717, 1.165) is 75.4 Å². The van der Waals surface area contributed by atoms with E-state index in [1.165, 1.54) is 0 Å². The average Bonchev–Trinajstić information content (AvgIpc) is 3.05. The summed E-state index contributed by atoms with van der Waals surface area (Å²) in [6.07, 6.45) is 3.00. The molecule has 0 spiro atoms. The lowest BCUT2D eigenvalue weighted by Gasteiger charge is -2.26. The Morgan fingerprint density at radius 3 is 2.52 bits per heavy atom. The lowest BCUT2D eigenvalue weighted by molar-refractivity contribution is 0.225. The van der Waals surface area contributed by atoms with Crippen LogP contribution in [0.4, 0.5) is 0 Å². The van der Waals surface area contributed by atoms with Crippen LogP contribution >= 0.6 is 0 Å². The topological polar surface area (TPSA) is 70.5 Å². The van der Waals surface area contributed by atoms with Gasteiger partial charge in [-0.05, 0) is 38.0 Å². The van der Waals surface area contributed by atoms with Gasteiger partial charge in [0.25, 0.3) is 0 Å². The monoisotopic (exact) mass is 391 g/mol. The SMILES string of the molecule is CCn1c(CN2CCNCC2)nc2cc(S(=O)(=O)N3CCCCC3)ccc21. The molecule has 0 amide bonds. The third-order valence-corrected chi connectivity index (χ3v) is 7.54. The van der Waals surface area contributed by atoms with Gasteiger partial charge in [-0.25, -0.2) is 13.4 Å². The van der Waals surface area contributed by atoms with E-state index in [0.29, 0.717) is 18.0 Å². The van der Waals surface area contributed by atoms with Crippen LogP contribution in [0.3, 0.4) is 0 Å². The Bertz CT molecular complexity index is 896. The lowest BCUT2D eigenvalue weighted by atomic mass is 10.2. The second kappa shape index (κ2) is 7.87. The zero-order chi connectivity index (χ0) is 18.9. The van der Waals surface area contributed by atoms with Crippen molar-refractivity contribution in [1.82, 2.24) is 24.1 Å². The molecule has 2 fully saturated rings. The highest BCUT2D eigenvalue weighted by molar-refractivity contribution is 7.89. The first-order valence-electron chi connectivity index (χ1n) is 10.0. The van der Waals surface area contributed by atoms with Crippen LogP contribution in [-0.2, 0) is 23.1 Å². The molecule has 0 bridgehead atoms. The van der Waals surface area contributed by atoms with E-state index in [1.54, 1.807) is 16.4 Å². The van der Waals surface area contributed by atoms with E-state index in [4.69, 9.17) is 4.98 Å². The Balaban J connectivity index is 1.65. The van der Waals surface area contributed by atoms with Crippen molar-refractivity contribution >= 4 is 21.1 Å². The Kier molecular flexibility index (Phi) is 5.50. The van der Waals surface area contributed by atoms with Crippen LogP contribution in [0, 0.1) is 0 Å². The quantitative estimate of drug-likeness (QED) is 0.839. The number of sulfonamides is 1. The number of aromatic nitrogens is 2. The smallest absolute Gasteiger partial charge is 0.243 e. The molecular weight excluding hydrogens is 362 g/mol. The van der Waals surface area contributed by atoms with Gasteiger partial charge in [0.2, 0.25) is 10.0 Å². The molecule has 0 atom stereocenters. The summed E-state index contributed by atoms with van der Waals surface area (Å²) in [5.41, 5.74) is 1.79. The van der Waals surface area contributed by atoms with Crippen molar-refractivity contribution in [2.75, 3.05) is 39.3 Å². The van der Waals surface area contributed by atoms with Crippen molar-refractivity contribution in [1.29, 1.82) is 0 Å². The van der Waals surface area contributed by atoms with E-state index in [1.807, 2.05) is 6.07 Å². The fourth-order valence-electron chi connectivity index (χ4n) is 4.12.